The van der Waals surface area contributed by atoms with Gasteiger partial charge in [-0.2, -0.15) is 4.72 Å². The summed E-state index contributed by atoms with van der Waals surface area (Å²) in [6.07, 6.45) is 5.08. The van der Waals surface area contributed by atoms with Gasteiger partial charge in [-0.1, -0.05) is 24.1 Å². The van der Waals surface area contributed by atoms with Crippen LogP contribution in [0.5, 0.6) is 5.75 Å². The Bertz CT molecular complexity index is 1430. The van der Waals surface area contributed by atoms with Crippen molar-refractivity contribution in [3.05, 3.63) is 66.2 Å². The molecule has 8 heteroatoms. The van der Waals surface area contributed by atoms with Crippen molar-refractivity contribution in [3.8, 4) is 18.1 Å². The van der Waals surface area contributed by atoms with E-state index >= 15 is 0 Å². The highest BCUT2D eigenvalue weighted by molar-refractivity contribution is 7.89. The first kappa shape index (κ1) is 20.5. The maximum atomic E-state index is 12.7. The summed E-state index contributed by atoms with van der Waals surface area (Å²) >= 11 is 0. The minimum absolute atomic E-state index is 0.0144. The summed E-state index contributed by atoms with van der Waals surface area (Å²) in [6, 6.07) is 16.7. The first-order chi connectivity index (χ1) is 14.9. The highest BCUT2D eigenvalue weighted by atomic mass is 32.2. The number of carbonyl (C=O) groups excluding carboxylic acids is 1. The van der Waals surface area contributed by atoms with Gasteiger partial charge in [0.1, 0.15) is 16.9 Å². The molecule has 0 fully saturated rings. The lowest BCUT2D eigenvalue weighted by Gasteiger charge is -2.11. The maximum Gasteiger partial charge on any atom is 0.255 e. The van der Waals surface area contributed by atoms with E-state index in [-0.39, 0.29) is 17.0 Å². The van der Waals surface area contributed by atoms with Crippen molar-refractivity contribution < 1.29 is 22.4 Å². The van der Waals surface area contributed by atoms with Crippen molar-refractivity contribution in [1.82, 2.24) is 4.72 Å². The Hall–Kier alpha value is -3.80. The molecule has 156 valence electrons. The van der Waals surface area contributed by atoms with Gasteiger partial charge >= 0.3 is 0 Å². The Kier molecular flexibility index (Phi) is 5.38. The Morgan fingerprint density at radius 1 is 1.06 bits per heavy atom. The molecule has 1 aromatic heterocycles. The van der Waals surface area contributed by atoms with Crippen LogP contribution in [0.25, 0.3) is 21.9 Å². The largest absolute Gasteiger partial charge is 0.495 e. The predicted molar refractivity (Wildman–Crippen MR) is 119 cm³/mol. The molecule has 0 radical (unpaired) electrons. The summed E-state index contributed by atoms with van der Waals surface area (Å²) in [5, 5.41) is 4.61. The third kappa shape index (κ3) is 3.97. The summed E-state index contributed by atoms with van der Waals surface area (Å²) < 4.78 is 37.8. The molecule has 1 heterocycles. The number of sulfonamides is 1. The van der Waals surface area contributed by atoms with Crippen molar-refractivity contribution in [3.63, 3.8) is 0 Å². The Morgan fingerprint density at radius 2 is 1.81 bits per heavy atom. The average Bonchev–Trinajstić information content (AvgIpc) is 3.14. The molecule has 1 amide bonds. The molecule has 31 heavy (non-hydrogen) atoms. The molecule has 4 rings (SSSR count). The summed E-state index contributed by atoms with van der Waals surface area (Å²) in [5.74, 6) is 2.26. The molecule has 0 saturated carbocycles. The van der Waals surface area contributed by atoms with Crippen LogP contribution in [0.3, 0.4) is 0 Å². The van der Waals surface area contributed by atoms with Gasteiger partial charge in [-0.15, -0.1) is 6.42 Å². The highest BCUT2D eigenvalue weighted by Crippen LogP contribution is 2.36. The maximum absolute atomic E-state index is 12.7. The Balaban J connectivity index is 1.62. The van der Waals surface area contributed by atoms with E-state index in [2.05, 4.69) is 16.0 Å². The molecule has 3 aromatic carbocycles. The number of rotatable bonds is 6. The fraction of sp³-hybridized carbons (Fsp3) is 0.0870. The van der Waals surface area contributed by atoms with Crippen LogP contribution in [0.1, 0.15) is 10.4 Å². The number of fused-ring (bicyclic) bond motifs is 3. The van der Waals surface area contributed by atoms with Crippen molar-refractivity contribution >= 4 is 43.6 Å². The van der Waals surface area contributed by atoms with E-state index in [0.29, 0.717) is 17.0 Å². The zero-order valence-corrected chi connectivity index (χ0v) is 17.3. The van der Waals surface area contributed by atoms with Crippen LogP contribution in [0.4, 0.5) is 5.69 Å². The Labute approximate surface area is 179 Å². The zero-order valence-electron chi connectivity index (χ0n) is 16.5. The van der Waals surface area contributed by atoms with Crippen LogP contribution < -0.4 is 14.8 Å². The number of benzene rings is 3. The SMILES string of the molecule is C#CCNS(=O)(=O)c1ccc(C(=O)Nc2cc3oc4ccccc4c3cc2OC)cc1. The van der Waals surface area contributed by atoms with E-state index in [4.69, 9.17) is 15.6 Å². The first-order valence-electron chi connectivity index (χ1n) is 9.27. The molecule has 2 N–H and O–H groups in total. The number of anilines is 1. The predicted octanol–water partition coefficient (Wildman–Crippen LogP) is 3.76. The number of para-hydroxylation sites is 1. The molecule has 0 saturated heterocycles. The zero-order chi connectivity index (χ0) is 22.0. The van der Waals surface area contributed by atoms with Crippen LogP contribution in [0.15, 0.2) is 70.0 Å². The highest BCUT2D eigenvalue weighted by Gasteiger charge is 2.17. The molecule has 0 spiro atoms. The molecule has 0 aliphatic carbocycles. The van der Waals surface area contributed by atoms with Crippen LogP contribution in [0.2, 0.25) is 0 Å². The fourth-order valence-electron chi connectivity index (χ4n) is 3.22. The van der Waals surface area contributed by atoms with Gasteiger partial charge in [0.15, 0.2) is 0 Å². The minimum atomic E-state index is -3.73. The van der Waals surface area contributed by atoms with E-state index in [1.165, 1.54) is 31.4 Å². The smallest absolute Gasteiger partial charge is 0.255 e. The molecule has 0 unspecified atom stereocenters. The number of terminal acetylenes is 1. The van der Waals surface area contributed by atoms with Crippen LogP contribution in [-0.4, -0.2) is 28.0 Å². The number of hydrogen-bond donors (Lipinski definition) is 2. The molecule has 4 aromatic rings. The average molecular weight is 434 g/mol. The quantitative estimate of drug-likeness (QED) is 0.451. The monoisotopic (exact) mass is 434 g/mol. The van der Waals surface area contributed by atoms with Crippen LogP contribution in [0, 0.1) is 12.3 Å². The van der Waals surface area contributed by atoms with Gasteiger partial charge in [-0.25, -0.2) is 8.42 Å². The van der Waals surface area contributed by atoms with Gasteiger partial charge in [-0.05, 0) is 36.4 Å². The lowest BCUT2D eigenvalue weighted by Crippen LogP contribution is -2.24. The summed E-state index contributed by atoms with van der Waals surface area (Å²) in [7, 11) is -2.21. The van der Waals surface area contributed by atoms with Gasteiger partial charge in [0.2, 0.25) is 10.0 Å². The number of amides is 1. The molecular formula is C23H18N2O5S. The van der Waals surface area contributed by atoms with Crippen molar-refractivity contribution in [2.45, 2.75) is 4.90 Å². The number of furan rings is 1. The van der Waals surface area contributed by atoms with E-state index in [9.17, 15) is 13.2 Å². The lowest BCUT2D eigenvalue weighted by molar-refractivity contribution is 0.102. The fourth-order valence-corrected chi connectivity index (χ4v) is 4.15. The molecular weight excluding hydrogens is 416 g/mol. The van der Waals surface area contributed by atoms with E-state index in [1.54, 1.807) is 6.07 Å². The first-order valence-corrected chi connectivity index (χ1v) is 10.7. The van der Waals surface area contributed by atoms with E-state index in [1.807, 2.05) is 30.3 Å². The van der Waals surface area contributed by atoms with Gasteiger partial charge in [0, 0.05) is 22.4 Å². The van der Waals surface area contributed by atoms with Crippen LogP contribution >= 0.6 is 0 Å². The minimum Gasteiger partial charge on any atom is -0.495 e. The van der Waals surface area contributed by atoms with E-state index in [0.717, 1.165) is 16.4 Å². The second-order valence-corrected chi connectivity index (χ2v) is 8.42. The third-order valence-electron chi connectivity index (χ3n) is 4.74. The number of nitrogens with one attached hydrogen (secondary N) is 2. The third-order valence-corrected chi connectivity index (χ3v) is 6.16. The van der Waals surface area contributed by atoms with Crippen molar-refractivity contribution in [2.75, 3.05) is 19.0 Å². The molecule has 0 atom stereocenters. The molecule has 0 aliphatic heterocycles. The molecule has 0 aliphatic rings. The number of carbonyl (C=O) groups is 1. The standard InChI is InChI=1S/C23H18N2O5S/c1-3-12-24-31(27,28)16-10-8-15(9-11-16)23(26)25-19-14-21-18(13-22(19)29-2)17-6-4-5-7-20(17)30-21/h1,4-11,13-14,24H,12H2,2H3,(H,25,26). The van der Waals surface area contributed by atoms with Crippen molar-refractivity contribution in [1.29, 1.82) is 0 Å². The van der Waals surface area contributed by atoms with Crippen molar-refractivity contribution in [2.24, 2.45) is 0 Å². The number of methoxy groups -OCH3 is 1. The topological polar surface area (TPSA) is 97.6 Å². The van der Waals surface area contributed by atoms with Gasteiger partial charge in [-0.3, -0.25) is 4.79 Å². The molecule has 7 nitrogen and oxygen atoms in total. The number of ether oxygens (including phenoxy) is 1. The van der Waals surface area contributed by atoms with Gasteiger partial charge in [0.25, 0.3) is 5.91 Å². The lowest BCUT2D eigenvalue weighted by atomic mass is 10.1. The van der Waals surface area contributed by atoms with Gasteiger partial charge in [0.05, 0.1) is 24.2 Å². The summed E-state index contributed by atoms with van der Waals surface area (Å²) in [6.45, 7) is -0.116. The van der Waals surface area contributed by atoms with Crippen LogP contribution in [-0.2, 0) is 10.0 Å². The number of hydrogen-bond acceptors (Lipinski definition) is 5. The van der Waals surface area contributed by atoms with E-state index < -0.39 is 15.9 Å². The second kappa shape index (κ2) is 8.14. The summed E-state index contributed by atoms with van der Waals surface area (Å²) in [4.78, 5) is 12.7. The Morgan fingerprint density at radius 3 is 2.52 bits per heavy atom. The molecule has 0 bridgehead atoms. The normalized spacial score (nSPS) is 11.4. The summed E-state index contributed by atoms with van der Waals surface area (Å²) in [5.41, 5.74) is 2.06. The second-order valence-electron chi connectivity index (χ2n) is 6.65. The van der Waals surface area contributed by atoms with Gasteiger partial charge < -0.3 is 14.5 Å².